The smallest absolute Gasteiger partial charge is 0.227 e. The molecule has 0 spiro atoms. The van der Waals surface area contributed by atoms with Crippen molar-refractivity contribution in [2.75, 3.05) is 25.1 Å². The average molecular weight is 230 g/mol. The Hall–Kier alpha value is -0.220. The van der Waals surface area contributed by atoms with Gasteiger partial charge >= 0.3 is 0 Å². The van der Waals surface area contributed by atoms with Crippen LogP contribution in [-0.2, 0) is 4.79 Å². The van der Waals surface area contributed by atoms with Crippen molar-refractivity contribution in [2.45, 2.75) is 32.7 Å². The Morgan fingerprint density at radius 3 is 2.87 bits per heavy atom. The Kier molecular flexibility index (Phi) is 4.93. The quantitative estimate of drug-likeness (QED) is 0.747. The minimum atomic E-state index is -0.146. The van der Waals surface area contributed by atoms with Gasteiger partial charge in [0.25, 0.3) is 0 Å². The van der Waals surface area contributed by atoms with E-state index < -0.39 is 0 Å². The second kappa shape index (κ2) is 5.75. The van der Waals surface area contributed by atoms with Gasteiger partial charge in [-0.15, -0.1) is 0 Å². The molecule has 88 valence electrons. The lowest BCUT2D eigenvalue weighted by atomic mass is 9.83. The maximum absolute atomic E-state index is 12.1. The number of thioether (sulfide) groups is 1. The molecule has 2 N–H and O–H groups in total. The van der Waals surface area contributed by atoms with Crippen LogP contribution in [0.25, 0.3) is 0 Å². The van der Waals surface area contributed by atoms with E-state index in [-0.39, 0.29) is 17.4 Å². The maximum Gasteiger partial charge on any atom is 0.227 e. The van der Waals surface area contributed by atoms with E-state index in [0.29, 0.717) is 0 Å². The second-order valence-corrected chi connectivity index (χ2v) is 5.30. The summed E-state index contributed by atoms with van der Waals surface area (Å²) in [4.78, 5) is 12.1. The molecule has 15 heavy (non-hydrogen) atoms. The highest BCUT2D eigenvalue weighted by atomic mass is 32.2. The van der Waals surface area contributed by atoms with Crippen molar-refractivity contribution >= 4 is 17.7 Å². The summed E-state index contributed by atoms with van der Waals surface area (Å²) < 4.78 is 0. The van der Waals surface area contributed by atoms with Gasteiger partial charge in [-0.3, -0.25) is 4.79 Å². The predicted octanol–water partition coefficient (Wildman–Crippen LogP) is 1.24. The topological polar surface area (TPSA) is 41.1 Å². The summed E-state index contributed by atoms with van der Waals surface area (Å²) in [5.74, 6) is 1.22. The Morgan fingerprint density at radius 2 is 2.40 bits per heavy atom. The number of carbonyl (C=O) groups excluding carboxylic acids is 1. The van der Waals surface area contributed by atoms with Crippen LogP contribution in [0.15, 0.2) is 0 Å². The highest BCUT2D eigenvalue weighted by Gasteiger charge is 2.39. The summed E-state index contributed by atoms with van der Waals surface area (Å²) in [5.41, 5.74) is -0.146. The Labute approximate surface area is 96.8 Å². The Balaban J connectivity index is 2.50. The first-order chi connectivity index (χ1) is 7.14. The van der Waals surface area contributed by atoms with Crippen LogP contribution in [0.5, 0.6) is 0 Å². The van der Waals surface area contributed by atoms with Gasteiger partial charge in [-0.05, 0) is 32.6 Å². The van der Waals surface area contributed by atoms with E-state index in [4.69, 9.17) is 0 Å². The monoisotopic (exact) mass is 230 g/mol. The summed E-state index contributed by atoms with van der Waals surface area (Å²) in [6.07, 6.45) is 3.97. The van der Waals surface area contributed by atoms with E-state index in [1.807, 2.05) is 0 Å². The van der Waals surface area contributed by atoms with Gasteiger partial charge in [-0.25, -0.2) is 0 Å². The molecular weight excluding hydrogens is 208 g/mol. The lowest BCUT2D eigenvalue weighted by Crippen LogP contribution is -2.46. The van der Waals surface area contributed by atoms with Gasteiger partial charge in [0.2, 0.25) is 5.91 Å². The number of hydrogen-bond acceptors (Lipinski definition) is 3. The number of carbonyl (C=O) groups is 1. The molecule has 0 bridgehead atoms. The zero-order valence-corrected chi connectivity index (χ0v) is 10.7. The third kappa shape index (κ3) is 3.11. The number of rotatable bonds is 5. The second-order valence-electron chi connectivity index (χ2n) is 4.39. The van der Waals surface area contributed by atoms with E-state index in [1.54, 1.807) is 11.8 Å². The van der Waals surface area contributed by atoms with Crippen molar-refractivity contribution in [2.24, 2.45) is 5.41 Å². The van der Waals surface area contributed by atoms with Crippen molar-refractivity contribution in [3.8, 4) is 0 Å². The van der Waals surface area contributed by atoms with Gasteiger partial charge < -0.3 is 10.6 Å². The zero-order valence-electron chi connectivity index (χ0n) is 9.93. The van der Waals surface area contributed by atoms with Crippen molar-refractivity contribution in [1.29, 1.82) is 0 Å². The van der Waals surface area contributed by atoms with Crippen LogP contribution in [0.1, 0.15) is 26.7 Å². The lowest BCUT2D eigenvalue weighted by Gasteiger charge is -2.27. The highest BCUT2D eigenvalue weighted by Crippen LogP contribution is 2.29. The summed E-state index contributed by atoms with van der Waals surface area (Å²) in [6.45, 7) is 5.98. The third-order valence-electron chi connectivity index (χ3n) is 3.20. The largest absolute Gasteiger partial charge is 0.352 e. The molecule has 0 aliphatic carbocycles. The summed E-state index contributed by atoms with van der Waals surface area (Å²) in [6, 6.07) is 0.275. The molecule has 2 atom stereocenters. The molecule has 1 aliphatic heterocycles. The van der Waals surface area contributed by atoms with E-state index in [9.17, 15) is 4.79 Å². The van der Waals surface area contributed by atoms with E-state index in [1.165, 1.54) is 0 Å². The number of nitrogens with one attached hydrogen (secondary N) is 2. The fourth-order valence-corrected chi connectivity index (χ4v) is 2.65. The average Bonchev–Trinajstić information content (AvgIpc) is 2.67. The third-order valence-corrected chi connectivity index (χ3v) is 4.03. The van der Waals surface area contributed by atoms with Crippen LogP contribution in [0.2, 0.25) is 0 Å². The minimum Gasteiger partial charge on any atom is -0.352 e. The van der Waals surface area contributed by atoms with Gasteiger partial charge in [0.15, 0.2) is 0 Å². The van der Waals surface area contributed by atoms with Crippen molar-refractivity contribution < 1.29 is 4.79 Å². The Bertz CT molecular complexity index is 215. The minimum absolute atomic E-state index is 0.146. The summed E-state index contributed by atoms with van der Waals surface area (Å²) >= 11 is 1.77. The van der Waals surface area contributed by atoms with E-state index >= 15 is 0 Å². The normalized spacial score (nSPS) is 27.7. The Morgan fingerprint density at radius 1 is 1.67 bits per heavy atom. The van der Waals surface area contributed by atoms with E-state index in [2.05, 4.69) is 30.7 Å². The molecule has 4 heteroatoms. The fourth-order valence-electron chi connectivity index (χ4n) is 2.07. The highest BCUT2D eigenvalue weighted by molar-refractivity contribution is 7.98. The van der Waals surface area contributed by atoms with Crippen LogP contribution in [0.3, 0.4) is 0 Å². The molecule has 1 aliphatic rings. The molecule has 1 saturated heterocycles. The van der Waals surface area contributed by atoms with Gasteiger partial charge in [-0.1, -0.05) is 6.92 Å². The summed E-state index contributed by atoms with van der Waals surface area (Å²) in [7, 11) is 0. The molecule has 0 radical (unpaired) electrons. The van der Waals surface area contributed by atoms with Gasteiger partial charge in [0, 0.05) is 18.3 Å². The molecule has 1 fully saturated rings. The fraction of sp³-hybridized carbons (Fsp3) is 0.909. The molecular formula is C11H22N2OS. The number of amides is 1. The van der Waals surface area contributed by atoms with Gasteiger partial charge in [-0.2, -0.15) is 11.8 Å². The predicted molar refractivity (Wildman–Crippen MR) is 66.2 cm³/mol. The molecule has 0 aromatic heterocycles. The standard InChI is InChI=1S/C11H22N2OS/c1-4-11(5-6-12-8-11)10(14)13-9(2)7-15-3/h9,12H,4-8H2,1-3H3,(H,13,14). The maximum atomic E-state index is 12.1. The summed E-state index contributed by atoms with van der Waals surface area (Å²) in [5, 5.41) is 6.40. The van der Waals surface area contributed by atoms with Gasteiger partial charge in [0.1, 0.15) is 0 Å². The molecule has 0 aromatic rings. The first-order valence-electron chi connectivity index (χ1n) is 5.65. The first kappa shape index (κ1) is 12.8. The zero-order chi connectivity index (χ0) is 11.3. The van der Waals surface area contributed by atoms with Gasteiger partial charge in [0.05, 0.1) is 5.41 Å². The van der Waals surface area contributed by atoms with Crippen molar-refractivity contribution in [3.63, 3.8) is 0 Å². The number of hydrogen-bond donors (Lipinski definition) is 2. The van der Waals surface area contributed by atoms with Crippen LogP contribution < -0.4 is 10.6 Å². The molecule has 3 nitrogen and oxygen atoms in total. The molecule has 1 amide bonds. The lowest BCUT2D eigenvalue weighted by molar-refractivity contribution is -0.130. The van der Waals surface area contributed by atoms with Crippen molar-refractivity contribution in [1.82, 2.24) is 10.6 Å². The molecule has 0 saturated carbocycles. The molecule has 1 rings (SSSR count). The van der Waals surface area contributed by atoms with E-state index in [0.717, 1.165) is 31.7 Å². The molecule has 1 heterocycles. The van der Waals surface area contributed by atoms with Crippen molar-refractivity contribution in [3.05, 3.63) is 0 Å². The SMILES string of the molecule is CCC1(C(=O)NC(C)CSC)CCNC1. The molecule has 0 aromatic carbocycles. The van der Waals surface area contributed by atoms with Crippen LogP contribution >= 0.6 is 11.8 Å². The first-order valence-corrected chi connectivity index (χ1v) is 7.04. The van der Waals surface area contributed by atoms with Crippen LogP contribution in [-0.4, -0.2) is 37.0 Å². The van der Waals surface area contributed by atoms with Crippen LogP contribution in [0.4, 0.5) is 0 Å². The van der Waals surface area contributed by atoms with Crippen LogP contribution in [0, 0.1) is 5.41 Å². The molecule has 2 unspecified atom stereocenters.